The van der Waals surface area contributed by atoms with Gasteiger partial charge in [0.1, 0.15) is 6.20 Å². The number of aromatic nitrogens is 5. The van der Waals surface area contributed by atoms with Crippen LogP contribution in [-0.4, -0.2) is 34.9 Å². The molecule has 11 heteroatoms. The lowest BCUT2D eigenvalue weighted by molar-refractivity contribution is 0.117. The molecule has 0 aliphatic carbocycles. The van der Waals surface area contributed by atoms with E-state index in [1.165, 1.54) is 12.3 Å². The molecule has 2 aromatic heterocycles. The van der Waals surface area contributed by atoms with Crippen LogP contribution < -0.4 is 11.2 Å². The number of halogens is 2. The monoisotopic (exact) mass is 461 g/mol. The van der Waals surface area contributed by atoms with Crippen molar-refractivity contribution in [2.24, 2.45) is 7.05 Å². The molecule has 4 rings (SSSR count). The number of aryl methyl sites for hydroxylation is 1. The Morgan fingerprint density at radius 2 is 1.74 bits per heavy atom. The summed E-state index contributed by atoms with van der Waals surface area (Å²) in [5.41, 5.74) is -1.52. The van der Waals surface area contributed by atoms with Crippen molar-refractivity contribution in [2.45, 2.75) is 5.60 Å². The topological polar surface area (TPSA) is 137 Å². The van der Waals surface area contributed by atoms with Gasteiger partial charge in [-0.25, -0.2) is 9.78 Å². The molecule has 0 aliphatic rings. The first kappa shape index (κ1) is 22.4. The fourth-order valence-electron chi connectivity index (χ4n) is 3.35. The number of imidazole rings is 1. The van der Waals surface area contributed by atoms with Crippen LogP contribution in [0, 0.1) is 0 Å². The molecular weight excluding hydrogens is 445 g/mol. The lowest BCUT2D eigenvalue weighted by Crippen LogP contribution is -2.32. The second-order valence-corrected chi connectivity index (χ2v) is 7.41. The minimum atomic E-state index is -1.72. The molecule has 0 saturated heterocycles. The highest BCUT2D eigenvalue weighted by atomic mass is 35.5. The first-order valence-corrected chi connectivity index (χ1v) is 9.51. The average molecular weight is 462 g/mol. The van der Waals surface area contributed by atoms with E-state index in [1.54, 1.807) is 54.3 Å². The van der Waals surface area contributed by atoms with E-state index in [4.69, 9.17) is 23.2 Å². The van der Waals surface area contributed by atoms with Crippen LogP contribution in [0.1, 0.15) is 16.8 Å². The zero-order chi connectivity index (χ0) is 21.5. The predicted octanol–water partition coefficient (Wildman–Crippen LogP) is 1.42. The van der Waals surface area contributed by atoms with Gasteiger partial charge in [-0.15, -0.1) is 0 Å². The zero-order valence-corrected chi connectivity index (χ0v) is 17.6. The van der Waals surface area contributed by atoms with Gasteiger partial charge < -0.3 is 15.1 Å². The normalized spacial score (nSPS) is 12.8. The van der Waals surface area contributed by atoms with Crippen molar-refractivity contribution < 1.29 is 10.6 Å². The second-order valence-electron chi connectivity index (χ2n) is 6.59. The van der Waals surface area contributed by atoms with E-state index in [0.717, 1.165) is 10.9 Å². The summed E-state index contributed by atoms with van der Waals surface area (Å²) >= 11 is 13.0. The molecule has 0 bridgehead atoms. The minimum Gasteiger partial charge on any atom is -0.412 e. The summed E-state index contributed by atoms with van der Waals surface area (Å²) in [5.74, 6) is 0. The molecule has 4 aromatic rings. The maximum atomic E-state index is 12.1. The maximum Gasteiger partial charge on any atom is 0.349 e. The van der Waals surface area contributed by atoms with Crippen molar-refractivity contribution in [3.63, 3.8) is 0 Å². The smallest absolute Gasteiger partial charge is 0.349 e. The van der Waals surface area contributed by atoms with Crippen LogP contribution in [0.25, 0.3) is 5.69 Å². The van der Waals surface area contributed by atoms with Crippen molar-refractivity contribution in [2.75, 3.05) is 0 Å². The van der Waals surface area contributed by atoms with E-state index in [1.807, 2.05) is 0 Å². The molecule has 0 radical (unpaired) electrons. The van der Waals surface area contributed by atoms with Crippen LogP contribution in [0.2, 0.25) is 10.0 Å². The van der Waals surface area contributed by atoms with Crippen molar-refractivity contribution in [1.29, 1.82) is 0 Å². The summed E-state index contributed by atoms with van der Waals surface area (Å²) in [6, 6.07) is 11.5. The van der Waals surface area contributed by atoms with Gasteiger partial charge in [0.2, 0.25) is 0 Å². The Morgan fingerprint density at radius 1 is 1.03 bits per heavy atom. The van der Waals surface area contributed by atoms with Crippen LogP contribution >= 0.6 is 23.2 Å². The molecule has 4 N–H and O–H groups in total. The highest BCUT2D eigenvalue weighted by Crippen LogP contribution is 2.42. The summed E-state index contributed by atoms with van der Waals surface area (Å²) in [4.78, 5) is 29.6. The molecule has 0 saturated carbocycles. The first-order valence-electron chi connectivity index (χ1n) is 8.75. The Bertz CT molecular complexity index is 1360. The van der Waals surface area contributed by atoms with Crippen molar-refractivity contribution in [3.05, 3.63) is 109 Å². The number of rotatable bonds is 4. The van der Waals surface area contributed by atoms with Gasteiger partial charge in [-0.3, -0.25) is 9.78 Å². The Morgan fingerprint density at radius 3 is 2.35 bits per heavy atom. The van der Waals surface area contributed by atoms with Gasteiger partial charge in [0.25, 0.3) is 5.56 Å². The van der Waals surface area contributed by atoms with E-state index >= 15 is 0 Å². The van der Waals surface area contributed by atoms with E-state index < -0.39 is 16.9 Å². The second kappa shape index (κ2) is 8.48. The molecule has 0 amide bonds. The lowest BCUT2D eigenvalue weighted by atomic mass is 9.83. The standard InChI is InChI=1S/C20H15Cl2N5O3.H2O/c1-26-11-23-9-17(26)20(30,13-4-2-3-5-15(13)21)14-7-6-12(8-16(14)22)27-19(29)25-18(28)10-24-27;/h2-11,30H,1H3,(H,25,28,29);1H2. The fourth-order valence-corrected chi connectivity index (χ4v) is 3.93. The van der Waals surface area contributed by atoms with Gasteiger partial charge in [-0.1, -0.05) is 47.5 Å². The quantitative estimate of drug-likeness (QED) is 0.473. The maximum absolute atomic E-state index is 12.1. The van der Waals surface area contributed by atoms with Crippen LogP contribution in [-0.2, 0) is 12.6 Å². The third-order valence-corrected chi connectivity index (χ3v) is 5.39. The van der Waals surface area contributed by atoms with Crippen LogP contribution in [0.15, 0.2) is 70.8 Å². The fraction of sp³-hybridized carbons (Fsp3) is 0.100. The molecule has 160 valence electrons. The Kier molecular flexibility index (Phi) is 6.14. The van der Waals surface area contributed by atoms with Gasteiger partial charge in [0, 0.05) is 28.2 Å². The van der Waals surface area contributed by atoms with E-state index in [9.17, 15) is 14.7 Å². The summed E-state index contributed by atoms with van der Waals surface area (Å²) in [6.07, 6.45) is 4.07. The first-order chi connectivity index (χ1) is 14.3. The molecule has 1 atom stereocenters. The number of nitrogens with zero attached hydrogens (tertiary/aromatic N) is 4. The highest BCUT2D eigenvalue weighted by molar-refractivity contribution is 6.32. The average Bonchev–Trinajstić information content (AvgIpc) is 3.14. The Hall–Kier alpha value is -3.24. The van der Waals surface area contributed by atoms with Gasteiger partial charge >= 0.3 is 5.69 Å². The van der Waals surface area contributed by atoms with E-state index in [2.05, 4.69) is 15.1 Å². The number of benzene rings is 2. The van der Waals surface area contributed by atoms with Crippen molar-refractivity contribution >= 4 is 23.2 Å². The van der Waals surface area contributed by atoms with Crippen LogP contribution in [0.3, 0.4) is 0 Å². The number of nitrogens with one attached hydrogen (secondary N) is 1. The van der Waals surface area contributed by atoms with Crippen LogP contribution in [0.5, 0.6) is 0 Å². The largest absolute Gasteiger partial charge is 0.412 e. The third-order valence-electron chi connectivity index (χ3n) is 4.75. The van der Waals surface area contributed by atoms with Gasteiger partial charge in [-0.2, -0.15) is 9.78 Å². The molecule has 9 nitrogen and oxygen atoms in total. The van der Waals surface area contributed by atoms with Gasteiger partial charge in [0.05, 0.1) is 23.9 Å². The van der Waals surface area contributed by atoms with Gasteiger partial charge in [-0.05, 0) is 18.2 Å². The van der Waals surface area contributed by atoms with Crippen molar-refractivity contribution in [1.82, 2.24) is 24.3 Å². The zero-order valence-electron chi connectivity index (χ0n) is 16.1. The number of hydrogen-bond acceptors (Lipinski definition) is 5. The Labute approximate surface area is 185 Å². The Balaban J connectivity index is 0.00000272. The SMILES string of the molecule is Cn1cncc1C(O)(c1ccccc1Cl)c1ccc(-n2ncc(=O)[nH]c2=O)cc1Cl.O. The number of hydrogen-bond donors (Lipinski definition) is 2. The van der Waals surface area contributed by atoms with E-state index in [0.29, 0.717) is 27.5 Å². The number of H-pyrrole nitrogens is 1. The molecular formula is C20H17Cl2N5O4. The van der Waals surface area contributed by atoms with Crippen LogP contribution in [0.4, 0.5) is 0 Å². The predicted molar refractivity (Wildman–Crippen MR) is 116 cm³/mol. The van der Waals surface area contributed by atoms with Crippen molar-refractivity contribution in [3.8, 4) is 5.69 Å². The molecule has 31 heavy (non-hydrogen) atoms. The molecule has 2 aromatic carbocycles. The molecule has 0 fully saturated rings. The summed E-state index contributed by atoms with van der Waals surface area (Å²) in [6.45, 7) is 0. The van der Waals surface area contributed by atoms with Gasteiger partial charge in [0.15, 0.2) is 5.60 Å². The minimum absolute atomic E-state index is 0. The number of aliphatic hydroxyl groups is 1. The summed E-state index contributed by atoms with van der Waals surface area (Å²) in [7, 11) is 1.75. The third kappa shape index (κ3) is 3.79. The van der Waals surface area contributed by atoms with E-state index in [-0.39, 0.29) is 10.5 Å². The molecule has 0 aliphatic heterocycles. The number of aromatic amines is 1. The summed E-state index contributed by atoms with van der Waals surface area (Å²) < 4.78 is 2.66. The molecule has 2 heterocycles. The summed E-state index contributed by atoms with van der Waals surface area (Å²) in [5, 5.41) is 16.3. The molecule has 0 spiro atoms. The molecule has 1 unspecified atom stereocenters. The lowest BCUT2D eigenvalue weighted by Gasteiger charge is -2.31. The highest BCUT2D eigenvalue weighted by Gasteiger charge is 2.39.